The lowest BCUT2D eigenvalue weighted by atomic mass is 10.3. The van der Waals surface area contributed by atoms with Crippen LogP contribution in [0.4, 0.5) is 5.69 Å². The largest absolute Gasteiger partial charge is 0.390 e. The molecule has 0 saturated heterocycles. The van der Waals surface area contributed by atoms with Crippen molar-refractivity contribution in [3.63, 3.8) is 0 Å². The predicted octanol–water partition coefficient (Wildman–Crippen LogP) is 0.447. The van der Waals surface area contributed by atoms with Gasteiger partial charge in [0.05, 0.1) is 23.1 Å². The Morgan fingerprint density at radius 1 is 1.19 bits per heavy atom. The van der Waals surface area contributed by atoms with Gasteiger partial charge in [-0.25, -0.2) is 13.4 Å². The van der Waals surface area contributed by atoms with Crippen molar-refractivity contribution in [1.29, 1.82) is 5.41 Å². The molecule has 0 aliphatic rings. The maximum absolute atomic E-state index is 11.7. The molecule has 1 aromatic heterocycles. The fraction of sp³-hybridized carbons (Fsp3) is 0.200. The average Bonchev–Trinajstić information content (AvgIpc) is 2.61. The van der Waals surface area contributed by atoms with E-state index < -0.39 is 15.7 Å². The Morgan fingerprint density at radius 2 is 1.70 bits per heavy atom. The van der Waals surface area contributed by atoms with Gasteiger partial charge in [0.15, 0.2) is 9.84 Å². The molecule has 0 fully saturated rings. The molecule has 10 nitrogen and oxygen atoms in total. The molecule has 1 amide bonds. The zero-order valence-corrected chi connectivity index (χ0v) is 16.8. The summed E-state index contributed by atoms with van der Waals surface area (Å²) in [6, 6.07) is 6.00. The zero-order valence-electron chi connectivity index (χ0n) is 15.1. The molecule has 150 valence electrons. The lowest BCUT2D eigenvalue weighted by Gasteiger charge is -2.08. The second kappa shape index (κ2) is 14.4. The van der Waals surface area contributed by atoms with Crippen molar-refractivity contribution >= 4 is 40.2 Å². The maximum Gasteiger partial charge on any atom is 0.289 e. The SMILES string of the molecule is CNC.CS(=O)(=O)c1ccc(NNC(=O)c2cnccn2)cc1.Cl.N=CN. The molecule has 2 aromatic rings. The number of carbonyl (C=O) groups excluding carboxylic acids is 1. The number of nitrogens with one attached hydrogen (secondary N) is 4. The molecular weight excluding hydrogens is 394 g/mol. The van der Waals surface area contributed by atoms with E-state index in [2.05, 4.69) is 31.9 Å². The van der Waals surface area contributed by atoms with Gasteiger partial charge in [-0.1, -0.05) is 0 Å². The normalized spacial score (nSPS) is 9.15. The number of anilines is 1. The van der Waals surface area contributed by atoms with Crippen LogP contribution in [0.5, 0.6) is 0 Å². The molecule has 0 saturated carbocycles. The number of amides is 1. The van der Waals surface area contributed by atoms with Gasteiger partial charge in [-0.3, -0.25) is 26.0 Å². The highest BCUT2D eigenvalue weighted by atomic mass is 35.5. The van der Waals surface area contributed by atoms with Crippen LogP contribution in [0, 0.1) is 5.41 Å². The van der Waals surface area contributed by atoms with Crippen LogP contribution in [0.2, 0.25) is 0 Å². The molecule has 12 heteroatoms. The molecule has 0 spiro atoms. The lowest BCUT2D eigenvalue weighted by molar-refractivity contribution is 0.0957. The van der Waals surface area contributed by atoms with Crippen LogP contribution in [-0.4, -0.2) is 51.0 Å². The van der Waals surface area contributed by atoms with Gasteiger partial charge in [0.1, 0.15) is 5.69 Å². The van der Waals surface area contributed by atoms with E-state index in [1.54, 1.807) is 12.1 Å². The summed E-state index contributed by atoms with van der Waals surface area (Å²) in [5.74, 6) is -0.440. The number of nitrogens with zero attached hydrogens (tertiary/aromatic N) is 2. The van der Waals surface area contributed by atoms with Gasteiger partial charge in [0, 0.05) is 18.6 Å². The highest BCUT2D eigenvalue weighted by Crippen LogP contribution is 2.13. The van der Waals surface area contributed by atoms with Crippen LogP contribution in [0.15, 0.2) is 47.8 Å². The Morgan fingerprint density at radius 3 is 2.11 bits per heavy atom. The van der Waals surface area contributed by atoms with Crippen LogP contribution in [0.3, 0.4) is 0 Å². The number of halogens is 1. The van der Waals surface area contributed by atoms with Crippen molar-refractivity contribution in [2.24, 2.45) is 5.73 Å². The van der Waals surface area contributed by atoms with Gasteiger partial charge in [-0.15, -0.1) is 12.4 Å². The molecule has 6 N–H and O–H groups in total. The number of rotatable bonds is 4. The molecule has 27 heavy (non-hydrogen) atoms. The predicted molar refractivity (Wildman–Crippen MR) is 108 cm³/mol. The number of aromatic nitrogens is 2. The number of sulfone groups is 1. The van der Waals surface area contributed by atoms with Crippen molar-refractivity contribution in [3.8, 4) is 0 Å². The molecule has 1 heterocycles. The van der Waals surface area contributed by atoms with E-state index in [-0.39, 0.29) is 23.0 Å². The Bertz CT molecular complexity index is 772. The monoisotopic (exact) mass is 417 g/mol. The molecule has 1 aromatic carbocycles. The number of hydrogen-bond acceptors (Lipinski definition) is 8. The highest BCUT2D eigenvalue weighted by Gasteiger charge is 2.08. The van der Waals surface area contributed by atoms with E-state index in [0.29, 0.717) is 5.69 Å². The standard InChI is InChI=1S/C12H12N4O3S.C2H7N.CH4N2.ClH/c1-20(18,19)10-4-2-9(3-5-10)15-16-12(17)11-8-13-6-7-14-11;1-3-2;2-1-3;/h2-8,15H,1H3,(H,16,17);3H,1-2H3;1H,(H3,2,3);1H. The quantitative estimate of drug-likeness (QED) is 0.272. The van der Waals surface area contributed by atoms with Gasteiger partial charge in [-0.2, -0.15) is 0 Å². The van der Waals surface area contributed by atoms with Crippen molar-refractivity contribution in [1.82, 2.24) is 20.7 Å². The molecule has 0 unspecified atom stereocenters. The summed E-state index contributed by atoms with van der Waals surface area (Å²) in [7, 11) is 0.523. The van der Waals surface area contributed by atoms with Crippen LogP contribution in [-0.2, 0) is 9.84 Å². The molecule has 0 aliphatic heterocycles. The lowest BCUT2D eigenvalue weighted by Crippen LogP contribution is -2.30. The molecule has 0 aliphatic carbocycles. The molecule has 0 atom stereocenters. The maximum atomic E-state index is 11.7. The van der Waals surface area contributed by atoms with Gasteiger partial charge in [0.25, 0.3) is 5.91 Å². The van der Waals surface area contributed by atoms with Crippen molar-refractivity contribution in [3.05, 3.63) is 48.5 Å². The minimum absolute atomic E-state index is 0. The third kappa shape index (κ3) is 11.5. The third-order valence-electron chi connectivity index (χ3n) is 2.40. The van der Waals surface area contributed by atoms with Gasteiger partial charge >= 0.3 is 0 Å². The Labute approximate surface area is 164 Å². The second-order valence-electron chi connectivity index (χ2n) is 4.63. The third-order valence-corrected chi connectivity index (χ3v) is 3.53. The molecule has 2 rings (SSSR count). The summed E-state index contributed by atoms with van der Waals surface area (Å²) in [5, 5.41) is 8.61. The Balaban J connectivity index is 0. The van der Waals surface area contributed by atoms with Crippen LogP contribution in [0.1, 0.15) is 10.5 Å². The summed E-state index contributed by atoms with van der Waals surface area (Å²) < 4.78 is 22.6. The fourth-order valence-corrected chi connectivity index (χ4v) is 2.03. The van der Waals surface area contributed by atoms with E-state index in [4.69, 9.17) is 5.41 Å². The summed E-state index contributed by atoms with van der Waals surface area (Å²) in [4.78, 5) is 19.5. The van der Waals surface area contributed by atoms with Gasteiger partial charge in [0.2, 0.25) is 0 Å². The topological polar surface area (TPSA) is 163 Å². The first kappa shape index (κ1) is 26.5. The summed E-state index contributed by atoms with van der Waals surface area (Å²) in [6.45, 7) is 0. The number of nitrogens with two attached hydrogens (primary N) is 1. The molecule has 0 bridgehead atoms. The van der Waals surface area contributed by atoms with Crippen LogP contribution >= 0.6 is 12.4 Å². The summed E-state index contributed by atoms with van der Waals surface area (Å²) in [5.41, 5.74) is 10.2. The minimum Gasteiger partial charge on any atom is -0.390 e. The first-order valence-corrected chi connectivity index (χ1v) is 9.10. The van der Waals surface area contributed by atoms with E-state index in [0.717, 1.165) is 12.6 Å². The fourth-order valence-electron chi connectivity index (χ4n) is 1.39. The smallest absolute Gasteiger partial charge is 0.289 e. The number of benzene rings is 1. The Hall–Kier alpha value is -2.76. The second-order valence-corrected chi connectivity index (χ2v) is 6.65. The van der Waals surface area contributed by atoms with E-state index in [9.17, 15) is 13.2 Å². The van der Waals surface area contributed by atoms with Gasteiger partial charge < -0.3 is 11.1 Å². The van der Waals surface area contributed by atoms with E-state index in [1.807, 2.05) is 14.1 Å². The van der Waals surface area contributed by atoms with Crippen LogP contribution < -0.4 is 21.9 Å². The number of hydrogen-bond donors (Lipinski definition) is 5. The summed E-state index contributed by atoms with van der Waals surface area (Å²) >= 11 is 0. The van der Waals surface area contributed by atoms with E-state index in [1.165, 1.54) is 30.7 Å². The first-order chi connectivity index (χ1) is 12.3. The van der Waals surface area contributed by atoms with E-state index >= 15 is 0 Å². The average molecular weight is 418 g/mol. The molecular formula is C15H24ClN7O3S. The highest BCUT2D eigenvalue weighted by molar-refractivity contribution is 7.90. The van der Waals surface area contributed by atoms with Gasteiger partial charge in [-0.05, 0) is 38.4 Å². The number of carbonyl (C=O) groups is 1. The first-order valence-electron chi connectivity index (χ1n) is 7.21. The Kier molecular flexibility index (Phi) is 14.1. The number of hydrazine groups is 1. The summed E-state index contributed by atoms with van der Waals surface area (Å²) in [6.07, 6.45) is 6.10. The van der Waals surface area contributed by atoms with Crippen molar-refractivity contribution < 1.29 is 13.2 Å². The molecule has 0 radical (unpaired) electrons. The van der Waals surface area contributed by atoms with Crippen molar-refractivity contribution in [2.45, 2.75) is 4.90 Å². The van der Waals surface area contributed by atoms with Crippen molar-refractivity contribution in [2.75, 3.05) is 25.8 Å². The van der Waals surface area contributed by atoms with Crippen LogP contribution in [0.25, 0.3) is 0 Å². The zero-order chi connectivity index (χ0) is 20.0. The minimum atomic E-state index is -3.23.